The molecule has 0 radical (unpaired) electrons. The highest BCUT2D eigenvalue weighted by Gasteiger charge is 2.57. The van der Waals surface area contributed by atoms with E-state index < -0.39 is 0 Å². The second kappa shape index (κ2) is 5.74. The van der Waals surface area contributed by atoms with Crippen LogP contribution >= 0.6 is 0 Å². The molecule has 1 nitrogen and oxygen atoms in total. The maximum Gasteiger partial charge on any atom is 0.0468 e. The Hall–Kier alpha value is -2.54. The Labute approximate surface area is 197 Å². The lowest BCUT2D eigenvalue weighted by atomic mass is 9.59. The molecule has 33 heavy (non-hydrogen) atoms. The lowest BCUT2D eigenvalue weighted by molar-refractivity contribution is 0.125. The maximum absolute atomic E-state index is 3.86. The van der Waals surface area contributed by atoms with E-state index in [-0.39, 0.29) is 21.7 Å². The van der Waals surface area contributed by atoms with Crippen molar-refractivity contribution >= 4 is 21.8 Å². The highest BCUT2D eigenvalue weighted by Crippen LogP contribution is 2.62. The van der Waals surface area contributed by atoms with Crippen LogP contribution in [0.4, 0.5) is 0 Å². The Balaban J connectivity index is 1.54. The van der Waals surface area contributed by atoms with Crippen LogP contribution in [0.15, 0.2) is 48.5 Å². The number of benzene rings is 3. The van der Waals surface area contributed by atoms with Crippen molar-refractivity contribution in [2.24, 2.45) is 5.41 Å². The fourth-order valence-electron chi connectivity index (χ4n) is 7.90. The zero-order chi connectivity index (χ0) is 23.0. The minimum absolute atomic E-state index is 0.126. The molecule has 0 amide bonds. The first kappa shape index (κ1) is 19.9. The summed E-state index contributed by atoms with van der Waals surface area (Å²) >= 11 is 0. The fourth-order valence-corrected chi connectivity index (χ4v) is 7.90. The van der Waals surface area contributed by atoms with Gasteiger partial charge in [0.25, 0.3) is 0 Å². The second-order valence-electron chi connectivity index (χ2n) is 12.7. The van der Waals surface area contributed by atoms with Gasteiger partial charge in [-0.1, -0.05) is 78.6 Å². The van der Waals surface area contributed by atoms with Gasteiger partial charge in [-0.2, -0.15) is 0 Å². The number of H-pyrrole nitrogens is 1. The molecule has 1 fully saturated rings. The molecule has 0 aliphatic heterocycles. The van der Waals surface area contributed by atoms with E-state index in [0.717, 1.165) is 0 Å². The minimum Gasteiger partial charge on any atom is -0.354 e. The second-order valence-corrected chi connectivity index (χ2v) is 12.7. The van der Waals surface area contributed by atoms with Crippen LogP contribution in [-0.4, -0.2) is 4.98 Å². The molecule has 7 rings (SSSR count). The Bertz CT molecular complexity index is 1480. The van der Waals surface area contributed by atoms with Gasteiger partial charge in [0, 0.05) is 27.2 Å². The summed E-state index contributed by atoms with van der Waals surface area (Å²) in [7, 11) is 0. The third kappa shape index (κ3) is 2.08. The number of hydrogen-bond acceptors (Lipinski definition) is 0. The van der Waals surface area contributed by atoms with Crippen molar-refractivity contribution < 1.29 is 0 Å². The molecular weight excluding hydrogens is 398 g/mol. The number of fused-ring (bicyclic) bond motifs is 9. The van der Waals surface area contributed by atoms with Gasteiger partial charge in [-0.3, -0.25) is 0 Å². The number of rotatable bonds is 0. The Morgan fingerprint density at radius 3 is 1.88 bits per heavy atom. The largest absolute Gasteiger partial charge is 0.354 e. The van der Waals surface area contributed by atoms with Crippen LogP contribution in [0.2, 0.25) is 0 Å². The summed E-state index contributed by atoms with van der Waals surface area (Å²) in [6.07, 6.45) is 5.25. The van der Waals surface area contributed by atoms with Crippen molar-refractivity contribution in [2.45, 2.75) is 83.5 Å². The van der Waals surface area contributed by atoms with Gasteiger partial charge in [-0.15, -0.1) is 0 Å². The van der Waals surface area contributed by atoms with Crippen LogP contribution in [0.25, 0.3) is 32.9 Å². The van der Waals surface area contributed by atoms with E-state index in [0.29, 0.717) is 0 Å². The first-order valence-corrected chi connectivity index (χ1v) is 12.8. The zero-order valence-electron chi connectivity index (χ0n) is 20.9. The summed E-state index contributed by atoms with van der Waals surface area (Å²) < 4.78 is 0. The summed E-state index contributed by atoms with van der Waals surface area (Å²) in [6.45, 7) is 14.7. The van der Waals surface area contributed by atoms with E-state index in [1.807, 2.05) is 0 Å². The van der Waals surface area contributed by atoms with E-state index in [1.54, 1.807) is 11.1 Å². The maximum atomic E-state index is 3.86. The lowest BCUT2D eigenvalue weighted by Crippen LogP contribution is -2.42. The van der Waals surface area contributed by atoms with Crippen molar-refractivity contribution in [2.75, 3.05) is 0 Å². The van der Waals surface area contributed by atoms with Crippen LogP contribution < -0.4 is 0 Å². The quantitative estimate of drug-likeness (QED) is 0.285. The van der Waals surface area contributed by atoms with Gasteiger partial charge in [0.05, 0.1) is 0 Å². The molecule has 3 aliphatic rings. The first-order chi connectivity index (χ1) is 15.6. The Kier molecular flexibility index (Phi) is 3.46. The molecule has 1 heterocycles. The molecule has 1 heteroatoms. The molecule has 1 aromatic heterocycles. The van der Waals surface area contributed by atoms with Crippen LogP contribution in [0.1, 0.15) is 89.5 Å². The van der Waals surface area contributed by atoms with Gasteiger partial charge in [0.15, 0.2) is 0 Å². The predicted molar refractivity (Wildman–Crippen MR) is 140 cm³/mol. The molecule has 168 valence electrons. The zero-order valence-corrected chi connectivity index (χ0v) is 20.9. The minimum atomic E-state index is 0.126. The normalized spacial score (nSPS) is 22.7. The molecule has 1 N–H and O–H groups in total. The van der Waals surface area contributed by atoms with Gasteiger partial charge in [-0.05, 0) is 86.7 Å². The lowest BCUT2D eigenvalue weighted by Gasteiger charge is -2.44. The summed E-state index contributed by atoms with van der Waals surface area (Å²) in [5.41, 5.74) is 12.4. The first-order valence-electron chi connectivity index (χ1n) is 12.8. The van der Waals surface area contributed by atoms with E-state index in [1.165, 1.54) is 69.7 Å². The molecule has 0 saturated heterocycles. The van der Waals surface area contributed by atoms with Crippen LogP contribution in [0, 0.1) is 5.41 Å². The molecule has 1 spiro atoms. The average molecular weight is 434 g/mol. The van der Waals surface area contributed by atoms with E-state index in [2.05, 4.69) is 95.1 Å². The van der Waals surface area contributed by atoms with E-state index >= 15 is 0 Å². The smallest absolute Gasteiger partial charge is 0.0468 e. The van der Waals surface area contributed by atoms with Crippen molar-refractivity contribution in [3.8, 4) is 11.1 Å². The summed E-state index contributed by atoms with van der Waals surface area (Å²) in [5.74, 6) is 0. The van der Waals surface area contributed by atoms with Gasteiger partial charge in [0.1, 0.15) is 0 Å². The topological polar surface area (TPSA) is 15.8 Å². The van der Waals surface area contributed by atoms with Gasteiger partial charge in [0.2, 0.25) is 0 Å². The average Bonchev–Trinajstić information content (AvgIpc) is 3.49. The van der Waals surface area contributed by atoms with Gasteiger partial charge in [-0.25, -0.2) is 0 Å². The number of aromatic amines is 1. The van der Waals surface area contributed by atoms with E-state index in [9.17, 15) is 0 Å². The number of nitrogens with one attached hydrogen (secondary N) is 1. The third-order valence-corrected chi connectivity index (χ3v) is 11.1. The molecule has 0 unspecified atom stereocenters. The highest BCUT2D eigenvalue weighted by atomic mass is 14.7. The molecule has 0 atom stereocenters. The molecule has 3 aliphatic carbocycles. The van der Waals surface area contributed by atoms with Crippen molar-refractivity contribution in [1.82, 2.24) is 4.98 Å². The van der Waals surface area contributed by atoms with Gasteiger partial charge >= 0.3 is 0 Å². The highest BCUT2D eigenvalue weighted by molar-refractivity contribution is 6.10. The number of aromatic nitrogens is 1. The number of hydrogen-bond donors (Lipinski definition) is 1. The van der Waals surface area contributed by atoms with E-state index in [4.69, 9.17) is 0 Å². The van der Waals surface area contributed by atoms with Crippen molar-refractivity contribution in [3.05, 3.63) is 70.8 Å². The fraction of sp³-hybridized carbons (Fsp3) is 0.438. The SMILES string of the molecule is CC1(C)c2cc3[nH]c4cc5c(cc4c3cc2C(C)(C)C1(C)C)-c1ccccc1C51CCCC1. The monoisotopic (exact) mass is 433 g/mol. The van der Waals surface area contributed by atoms with Crippen LogP contribution in [-0.2, 0) is 16.2 Å². The molecular formula is C32H35N. The predicted octanol–water partition coefficient (Wildman–Crippen LogP) is 8.76. The van der Waals surface area contributed by atoms with Crippen molar-refractivity contribution in [1.29, 1.82) is 0 Å². The molecule has 3 aromatic carbocycles. The van der Waals surface area contributed by atoms with Crippen LogP contribution in [0.5, 0.6) is 0 Å². The van der Waals surface area contributed by atoms with Crippen molar-refractivity contribution in [3.63, 3.8) is 0 Å². The third-order valence-electron chi connectivity index (χ3n) is 11.1. The summed E-state index contributed by atoms with van der Waals surface area (Å²) in [6, 6.07) is 19.2. The molecule has 1 saturated carbocycles. The standard InChI is InChI=1S/C32H35N/c1-29(2)25-16-22-21-15-20-19-11-7-8-12-23(19)32(13-9-10-14-32)24(20)17-27(21)33-28(22)18-26(25)30(3,4)31(29,5)6/h7-8,11-12,15-18,33H,9-10,13-14H2,1-6H3. The van der Waals surface area contributed by atoms with Crippen LogP contribution in [0.3, 0.4) is 0 Å². The molecule has 0 bridgehead atoms. The Morgan fingerprint density at radius 1 is 0.606 bits per heavy atom. The van der Waals surface area contributed by atoms with Gasteiger partial charge < -0.3 is 4.98 Å². The Morgan fingerprint density at radius 2 is 1.18 bits per heavy atom. The molecule has 4 aromatic rings. The summed E-state index contributed by atoms with van der Waals surface area (Å²) in [4.78, 5) is 3.86. The summed E-state index contributed by atoms with van der Waals surface area (Å²) in [5, 5.41) is 2.77.